The second-order valence-electron chi connectivity index (χ2n) is 4.63. The molecule has 0 bridgehead atoms. The van der Waals surface area contributed by atoms with Crippen molar-refractivity contribution in [3.8, 4) is 5.75 Å². The van der Waals surface area contributed by atoms with Crippen molar-refractivity contribution in [1.82, 2.24) is 5.32 Å². The number of nitrogens with one attached hydrogen (secondary N) is 1. The highest BCUT2D eigenvalue weighted by atomic mass is 35.5. The van der Waals surface area contributed by atoms with Gasteiger partial charge in [-0.25, -0.2) is 0 Å². The second kappa shape index (κ2) is 6.24. The predicted molar refractivity (Wildman–Crippen MR) is 72.6 cm³/mol. The van der Waals surface area contributed by atoms with E-state index in [2.05, 4.69) is 5.32 Å². The van der Waals surface area contributed by atoms with Gasteiger partial charge in [-0.1, -0.05) is 18.2 Å². The number of halogens is 1. The molecule has 3 nitrogen and oxygen atoms in total. The summed E-state index contributed by atoms with van der Waals surface area (Å²) in [6, 6.07) is 5.77. The molecule has 1 aliphatic rings. The lowest BCUT2D eigenvalue weighted by Gasteiger charge is -2.29. The number of nitrogens with two attached hydrogens (primary N) is 1. The van der Waals surface area contributed by atoms with E-state index in [-0.39, 0.29) is 18.4 Å². The minimum atomic E-state index is -0.0398. The van der Waals surface area contributed by atoms with Crippen molar-refractivity contribution < 1.29 is 5.11 Å². The zero-order chi connectivity index (χ0) is 11.5. The van der Waals surface area contributed by atoms with Gasteiger partial charge < -0.3 is 16.2 Å². The van der Waals surface area contributed by atoms with Gasteiger partial charge in [0.1, 0.15) is 5.75 Å². The summed E-state index contributed by atoms with van der Waals surface area (Å²) in [5.41, 5.74) is 8.05. The first-order chi connectivity index (χ1) is 7.70. The Kier molecular flexibility index (Phi) is 5.25. The first-order valence-electron chi connectivity index (χ1n) is 5.95. The molecule has 2 rings (SSSR count). The zero-order valence-electron chi connectivity index (χ0n) is 10.1. The molecule has 4 N–H and O–H groups in total. The zero-order valence-corrected chi connectivity index (χ0v) is 11.0. The van der Waals surface area contributed by atoms with Crippen LogP contribution in [0.25, 0.3) is 0 Å². The van der Waals surface area contributed by atoms with Crippen LogP contribution in [0.2, 0.25) is 0 Å². The summed E-state index contributed by atoms with van der Waals surface area (Å²) in [5, 5.41) is 13.3. The smallest absolute Gasteiger partial charge is 0.123 e. The lowest BCUT2D eigenvalue weighted by molar-refractivity contribution is 0.316. The molecule has 1 aliphatic heterocycles. The van der Waals surface area contributed by atoms with E-state index in [1.54, 1.807) is 0 Å². The van der Waals surface area contributed by atoms with Crippen LogP contribution >= 0.6 is 12.4 Å². The number of hydrogen-bond donors (Lipinski definition) is 3. The molecule has 1 heterocycles. The fraction of sp³-hybridized carbons (Fsp3) is 0.538. The summed E-state index contributed by atoms with van der Waals surface area (Å²) in [6.45, 7) is 3.98. The van der Waals surface area contributed by atoms with E-state index >= 15 is 0 Å². The molecule has 1 aromatic rings. The van der Waals surface area contributed by atoms with Crippen LogP contribution in [0.1, 0.15) is 30.0 Å². The van der Waals surface area contributed by atoms with E-state index in [1.807, 2.05) is 25.1 Å². The van der Waals surface area contributed by atoms with Crippen LogP contribution in [0.15, 0.2) is 18.2 Å². The number of hydrogen-bond acceptors (Lipinski definition) is 3. The Hall–Kier alpha value is -0.770. The number of para-hydroxylation sites is 1. The third-order valence-electron chi connectivity index (χ3n) is 3.52. The normalized spacial score (nSPS) is 18.5. The van der Waals surface area contributed by atoms with Crippen LogP contribution in [-0.4, -0.2) is 18.2 Å². The lowest BCUT2D eigenvalue weighted by Crippen LogP contribution is -2.33. The third-order valence-corrected chi connectivity index (χ3v) is 3.52. The molecule has 96 valence electrons. The Morgan fingerprint density at radius 3 is 2.65 bits per heavy atom. The Morgan fingerprint density at radius 1 is 1.35 bits per heavy atom. The number of aromatic hydroxyl groups is 1. The van der Waals surface area contributed by atoms with Crippen LogP contribution in [0.4, 0.5) is 0 Å². The maximum Gasteiger partial charge on any atom is 0.123 e. The van der Waals surface area contributed by atoms with Crippen LogP contribution in [0.5, 0.6) is 5.75 Å². The summed E-state index contributed by atoms with van der Waals surface area (Å²) in [6.07, 6.45) is 2.18. The van der Waals surface area contributed by atoms with Crippen LogP contribution in [0, 0.1) is 12.8 Å². The van der Waals surface area contributed by atoms with Gasteiger partial charge in [0, 0.05) is 11.6 Å². The highest BCUT2D eigenvalue weighted by Crippen LogP contribution is 2.33. The minimum absolute atomic E-state index is 0. The van der Waals surface area contributed by atoms with Gasteiger partial charge in [-0.05, 0) is 44.3 Å². The summed E-state index contributed by atoms with van der Waals surface area (Å²) in [7, 11) is 0. The number of phenols is 1. The van der Waals surface area contributed by atoms with Crippen LogP contribution in [0.3, 0.4) is 0 Å². The molecule has 1 atom stereocenters. The third kappa shape index (κ3) is 3.12. The van der Waals surface area contributed by atoms with E-state index in [0.717, 1.165) is 37.1 Å². The molecule has 1 saturated heterocycles. The largest absolute Gasteiger partial charge is 0.507 e. The molecule has 0 unspecified atom stereocenters. The van der Waals surface area contributed by atoms with Crippen molar-refractivity contribution in [3.63, 3.8) is 0 Å². The number of phenolic OH excluding ortho intramolecular Hbond substituents is 1. The highest BCUT2D eigenvalue weighted by Gasteiger charge is 2.23. The van der Waals surface area contributed by atoms with E-state index in [0.29, 0.717) is 11.7 Å². The minimum Gasteiger partial charge on any atom is -0.507 e. The Balaban J connectivity index is 0.00000144. The van der Waals surface area contributed by atoms with Crippen molar-refractivity contribution in [1.29, 1.82) is 0 Å². The monoisotopic (exact) mass is 256 g/mol. The fourth-order valence-electron chi connectivity index (χ4n) is 2.41. The molecule has 4 heteroatoms. The predicted octanol–water partition coefficient (Wildman–Crippen LogP) is 2.12. The van der Waals surface area contributed by atoms with Crippen molar-refractivity contribution >= 4 is 12.4 Å². The Labute approximate surface area is 109 Å². The average molecular weight is 257 g/mol. The molecule has 0 spiro atoms. The molecule has 0 aromatic heterocycles. The Bertz CT molecular complexity index is 364. The number of rotatable bonds is 2. The topological polar surface area (TPSA) is 58.3 Å². The molecule has 0 radical (unpaired) electrons. The van der Waals surface area contributed by atoms with E-state index in [9.17, 15) is 5.11 Å². The van der Waals surface area contributed by atoms with Gasteiger partial charge in [0.15, 0.2) is 0 Å². The molecule has 0 saturated carbocycles. The Morgan fingerprint density at radius 2 is 2.00 bits per heavy atom. The summed E-state index contributed by atoms with van der Waals surface area (Å²) in [4.78, 5) is 0. The highest BCUT2D eigenvalue weighted by molar-refractivity contribution is 5.85. The first kappa shape index (κ1) is 14.3. The molecule has 1 fully saturated rings. The van der Waals surface area contributed by atoms with Crippen molar-refractivity contribution in [2.45, 2.75) is 25.8 Å². The molecular formula is C13H21ClN2O. The van der Waals surface area contributed by atoms with Crippen molar-refractivity contribution in [3.05, 3.63) is 29.3 Å². The van der Waals surface area contributed by atoms with Crippen molar-refractivity contribution in [2.24, 2.45) is 11.7 Å². The second-order valence-corrected chi connectivity index (χ2v) is 4.63. The van der Waals surface area contributed by atoms with Gasteiger partial charge in [0.05, 0.1) is 0 Å². The number of benzene rings is 1. The summed E-state index contributed by atoms with van der Waals surface area (Å²) in [5.74, 6) is 0.850. The summed E-state index contributed by atoms with van der Waals surface area (Å²) < 4.78 is 0. The number of aryl methyl sites for hydroxylation is 1. The van der Waals surface area contributed by atoms with E-state index in [1.165, 1.54) is 0 Å². The standard InChI is InChI=1S/C13H20N2O.ClH/c1-9-3-2-4-11(13(9)16)12(14)10-5-7-15-8-6-10;/h2-4,10,12,15-16H,5-8,14H2,1H3;1H/t12-;/m1./s1. The SMILES string of the molecule is Cc1cccc([C@H](N)C2CCNCC2)c1O.Cl. The van der Waals surface area contributed by atoms with Gasteiger partial charge in [-0.2, -0.15) is 0 Å². The lowest BCUT2D eigenvalue weighted by atomic mass is 9.86. The van der Waals surface area contributed by atoms with Gasteiger partial charge in [-0.15, -0.1) is 12.4 Å². The molecule has 0 aliphatic carbocycles. The molecular weight excluding hydrogens is 236 g/mol. The van der Waals surface area contributed by atoms with Crippen molar-refractivity contribution in [2.75, 3.05) is 13.1 Å². The maximum atomic E-state index is 10.0. The molecule has 17 heavy (non-hydrogen) atoms. The summed E-state index contributed by atoms with van der Waals surface area (Å²) >= 11 is 0. The van der Waals surface area contributed by atoms with Crippen LogP contribution in [-0.2, 0) is 0 Å². The number of piperidine rings is 1. The van der Waals surface area contributed by atoms with Gasteiger partial charge in [-0.3, -0.25) is 0 Å². The van der Waals surface area contributed by atoms with Gasteiger partial charge >= 0.3 is 0 Å². The van der Waals surface area contributed by atoms with Crippen LogP contribution < -0.4 is 11.1 Å². The molecule has 0 amide bonds. The quantitative estimate of drug-likeness (QED) is 0.760. The maximum absolute atomic E-state index is 10.0. The average Bonchev–Trinajstić information content (AvgIpc) is 2.33. The van der Waals surface area contributed by atoms with E-state index < -0.39 is 0 Å². The van der Waals surface area contributed by atoms with Gasteiger partial charge in [0.25, 0.3) is 0 Å². The first-order valence-corrected chi connectivity index (χ1v) is 5.95. The fourth-order valence-corrected chi connectivity index (χ4v) is 2.41. The van der Waals surface area contributed by atoms with E-state index in [4.69, 9.17) is 5.73 Å². The van der Waals surface area contributed by atoms with Gasteiger partial charge in [0.2, 0.25) is 0 Å². The molecule has 1 aromatic carbocycles.